The van der Waals surface area contributed by atoms with E-state index in [9.17, 15) is 0 Å². The van der Waals surface area contributed by atoms with Crippen LogP contribution in [0.15, 0.2) is 18.2 Å². The van der Waals surface area contributed by atoms with E-state index < -0.39 is 0 Å². The third-order valence-electron chi connectivity index (χ3n) is 4.52. The Morgan fingerprint density at radius 1 is 1.29 bits per heavy atom. The van der Waals surface area contributed by atoms with Gasteiger partial charge in [0.1, 0.15) is 0 Å². The van der Waals surface area contributed by atoms with Crippen LogP contribution in [0.4, 0.5) is 0 Å². The van der Waals surface area contributed by atoms with Gasteiger partial charge in [0.25, 0.3) is 0 Å². The van der Waals surface area contributed by atoms with Crippen molar-refractivity contribution in [3.63, 3.8) is 0 Å². The molecular formula is C19H29N3O2. The van der Waals surface area contributed by atoms with Crippen molar-refractivity contribution in [2.24, 2.45) is 5.92 Å². The van der Waals surface area contributed by atoms with Gasteiger partial charge in [-0.05, 0) is 69.6 Å². The summed E-state index contributed by atoms with van der Waals surface area (Å²) in [6.07, 6.45) is 3.80. The first-order valence-electron chi connectivity index (χ1n) is 8.79. The molecule has 132 valence electrons. The Bertz CT molecular complexity index is 534. The summed E-state index contributed by atoms with van der Waals surface area (Å²) in [6.45, 7) is 4.85. The quantitative estimate of drug-likeness (QED) is 0.705. The summed E-state index contributed by atoms with van der Waals surface area (Å²) < 4.78 is 11.1. The fourth-order valence-electron chi connectivity index (χ4n) is 2.96. The minimum Gasteiger partial charge on any atom is -0.493 e. The minimum atomic E-state index is 0.514. The Balaban J connectivity index is 1.80. The number of nitriles is 1. The molecule has 1 aromatic carbocycles. The molecule has 0 aromatic heterocycles. The Hall–Kier alpha value is -1.77. The van der Waals surface area contributed by atoms with Crippen molar-refractivity contribution in [3.8, 4) is 17.6 Å². The topological polar surface area (TPSA) is 57.5 Å². The van der Waals surface area contributed by atoms with E-state index in [0.717, 1.165) is 36.9 Å². The lowest BCUT2D eigenvalue weighted by atomic mass is 9.97. The van der Waals surface area contributed by atoms with Crippen molar-refractivity contribution < 1.29 is 9.47 Å². The molecule has 5 nitrogen and oxygen atoms in total. The molecule has 5 heteroatoms. The Labute approximate surface area is 145 Å². The van der Waals surface area contributed by atoms with Crippen LogP contribution in [-0.4, -0.2) is 45.3 Å². The molecule has 2 rings (SSSR count). The standard InChI is InChI=1S/C19H29N3O2/c1-22-10-7-16(8-11-22)14-21-15-17-5-6-18(23-2)19(13-17)24-12-4-3-9-20/h5-6,13,16,21H,3-4,7-8,10-12,14-15H2,1-2H3. The lowest BCUT2D eigenvalue weighted by Gasteiger charge is -2.29. The number of nitrogens with one attached hydrogen (secondary N) is 1. The number of unbranched alkanes of at least 4 members (excludes halogenated alkanes) is 1. The maximum absolute atomic E-state index is 8.59. The second-order valence-corrected chi connectivity index (χ2v) is 6.47. The second-order valence-electron chi connectivity index (χ2n) is 6.47. The molecule has 1 N–H and O–H groups in total. The highest BCUT2D eigenvalue weighted by atomic mass is 16.5. The molecule has 0 atom stereocenters. The molecule has 1 saturated heterocycles. The number of likely N-dealkylation sites (tertiary alicyclic amines) is 1. The third-order valence-corrected chi connectivity index (χ3v) is 4.52. The minimum absolute atomic E-state index is 0.514. The number of benzene rings is 1. The van der Waals surface area contributed by atoms with Crippen LogP contribution < -0.4 is 14.8 Å². The molecule has 0 saturated carbocycles. The average molecular weight is 331 g/mol. The first kappa shape index (κ1) is 18.6. The number of ether oxygens (including phenoxy) is 2. The highest BCUT2D eigenvalue weighted by Crippen LogP contribution is 2.28. The van der Waals surface area contributed by atoms with Crippen LogP contribution >= 0.6 is 0 Å². The fraction of sp³-hybridized carbons (Fsp3) is 0.632. The molecule has 0 spiro atoms. The van der Waals surface area contributed by atoms with Crippen LogP contribution in [0.3, 0.4) is 0 Å². The smallest absolute Gasteiger partial charge is 0.161 e. The predicted molar refractivity (Wildman–Crippen MR) is 95.3 cm³/mol. The third kappa shape index (κ3) is 6.03. The molecule has 1 aliphatic heterocycles. The summed E-state index contributed by atoms with van der Waals surface area (Å²) in [5.41, 5.74) is 1.19. The fourth-order valence-corrected chi connectivity index (χ4v) is 2.96. The molecule has 1 heterocycles. The summed E-state index contributed by atoms with van der Waals surface area (Å²) in [6, 6.07) is 8.19. The van der Waals surface area contributed by atoms with Gasteiger partial charge in [0, 0.05) is 13.0 Å². The van der Waals surface area contributed by atoms with Gasteiger partial charge in [0.2, 0.25) is 0 Å². The maximum Gasteiger partial charge on any atom is 0.161 e. The SMILES string of the molecule is COc1ccc(CNCC2CCN(C)CC2)cc1OCCCC#N. The van der Waals surface area contributed by atoms with E-state index in [0.29, 0.717) is 13.0 Å². The highest BCUT2D eigenvalue weighted by molar-refractivity contribution is 5.42. The Morgan fingerprint density at radius 3 is 2.79 bits per heavy atom. The monoisotopic (exact) mass is 331 g/mol. The molecule has 1 aromatic rings. The van der Waals surface area contributed by atoms with Gasteiger partial charge >= 0.3 is 0 Å². The lowest BCUT2D eigenvalue weighted by Crippen LogP contribution is -2.34. The predicted octanol–water partition coefficient (Wildman–Crippen LogP) is 2.81. The van der Waals surface area contributed by atoms with Gasteiger partial charge in [-0.25, -0.2) is 0 Å². The van der Waals surface area contributed by atoms with Crippen molar-refractivity contribution in [1.29, 1.82) is 5.26 Å². The number of hydrogen-bond acceptors (Lipinski definition) is 5. The van der Waals surface area contributed by atoms with E-state index in [2.05, 4.69) is 29.4 Å². The summed E-state index contributed by atoms with van der Waals surface area (Å²) in [4.78, 5) is 2.40. The molecule has 0 unspecified atom stereocenters. The zero-order chi connectivity index (χ0) is 17.2. The summed E-state index contributed by atoms with van der Waals surface area (Å²) in [5.74, 6) is 2.28. The van der Waals surface area contributed by atoms with Crippen molar-refractivity contribution in [1.82, 2.24) is 10.2 Å². The van der Waals surface area contributed by atoms with Crippen LogP contribution in [0.2, 0.25) is 0 Å². The van der Waals surface area contributed by atoms with E-state index in [1.165, 1.54) is 31.5 Å². The van der Waals surface area contributed by atoms with Gasteiger partial charge in [-0.15, -0.1) is 0 Å². The van der Waals surface area contributed by atoms with Gasteiger partial charge < -0.3 is 19.7 Å². The molecular weight excluding hydrogens is 302 g/mol. The molecule has 0 amide bonds. The number of methoxy groups -OCH3 is 1. The Morgan fingerprint density at radius 2 is 2.08 bits per heavy atom. The molecule has 0 aliphatic carbocycles. The van der Waals surface area contributed by atoms with Crippen molar-refractivity contribution in [3.05, 3.63) is 23.8 Å². The largest absolute Gasteiger partial charge is 0.493 e. The normalized spacial score (nSPS) is 15.9. The van der Waals surface area contributed by atoms with E-state index >= 15 is 0 Å². The van der Waals surface area contributed by atoms with Crippen molar-refractivity contribution in [2.45, 2.75) is 32.2 Å². The zero-order valence-electron chi connectivity index (χ0n) is 14.9. The summed E-state index contributed by atoms with van der Waals surface area (Å²) >= 11 is 0. The Kier molecular flexibility index (Phi) is 7.87. The van der Waals surface area contributed by atoms with Crippen LogP contribution in [0.5, 0.6) is 11.5 Å². The number of hydrogen-bond donors (Lipinski definition) is 1. The van der Waals surface area contributed by atoms with Crippen LogP contribution in [0.25, 0.3) is 0 Å². The first-order valence-corrected chi connectivity index (χ1v) is 8.79. The maximum atomic E-state index is 8.59. The molecule has 1 aliphatic rings. The lowest BCUT2D eigenvalue weighted by molar-refractivity contribution is 0.216. The van der Waals surface area contributed by atoms with Crippen molar-refractivity contribution in [2.75, 3.05) is 40.4 Å². The van der Waals surface area contributed by atoms with Crippen LogP contribution in [-0.2, 0) is 6.54 Å². The van der Waals surface area contributed by atoms with Crippen LogP contribution in [0, 0.1) is 17.2 Å². The molecule has 0 bridgehead atoms. The highest BCUT2D eigenvalue weighted by Gasteiger charge is 2.16. The van der Waals surface area contributed by atoms with Gasteiger partial charge in [-0.3, -0.25) is 0 Å². The van der Waals surface area contributed by atoms with E-state index in [-0.39, 0.29) is 0 Å². The first-order chi connectivity index (χ1) is 11.7. The summed E-state index contributed by atoms with van der Waals surface area (Å²) in [5, 5.41) is 12.2. The van der Waals surface area contributed by atoms with Crippen LogP contribution in [0.1, 0.15) is 31.2 Å². The van der Waals surface area contributed by atoms with E-state index in [4.69, 9.17) is 14.7 Å². The summed E-state index contributed by atoms with van der Waals surface area (Å²) in [7, 11) is 3.84. The number of nitrogens with zero attached hydrogens (tertiary/aromatic N) is 2. The van der Waals surface area contributed by atoms with E-state index in [1.54, 1.807) is 7.11 Å². The van der Waals surface area contributed by atoms with Gasteiger partial charge in [-0.2, -0.15) is 5.26 Å². The number of rotatable bonds is 9. The zero-order valence-corrected chi connectivity index (χ0v) is 14.9. The molecule has 0 radical (unpaired) electrons. The molecule has 24 heavy (non-hydrogen) atoms. The van der Waals surface area contributed by atoms with E-state index in [1.807, 2.05) is 12.1 Å². The molecule has 1 fully saturated rings. The van der Waals surface area contributed by atoms with Gasteiger partial charge in [-0.1, -0.05) is 6.07 Å². The number of piperidine rings is 1. The second kappa shape index (κ2) is 10.2. The average Bonchev–Trinajstić information content (AvgIpc) is 2.61. The van der Waals surface area contributed by atoms with Gasteiger partial charge in [0.05, 0.1) is 19.8 Å². The van der Waals surface area contributed by atoms with Crippen molar-refractivity contribution >= 4 is 0 Å². The van der Waals surface area contributed by atoms with Gasteiger partial charge in [0.15, 0.2) is 11.5 Å².